The minimum absolute atomic E-state index is 0.0301. The van der Waals surface area contributed by atoms with Gasteiger partial charge in [0.25, 0.3) is 5.56 Å². The number of halogens is 3. The van der Waals surface area contributed by atoms with Gasteiger partial charge >= 0.3 is 6.18 Å². The molecule has 2 aromatic rings. The summed E-state index contributed by atoms with van der Waals surface area (Å²) in [5.41, 5.74) is 1.51. The standard InChI is InChI=1S/C21H26F3N5O2/c1-14(2)29-13-25-17-11-15(3-4-16(17)19(29)30)26-7-9-27(10-8-26)18-5-6-28(20(18)31)12-21(22,23)24/h3-4,11,13-14,18H,5-10,12H2,1-2H3. The minimum atomic E-state index is -4.37. The lowest BCUT2D eigenvalue weighted by Gasteiger charge is -2.38. The fourth-order valence-corrected chi connectivity index (χ4v) is 4.41. The Morgan fingerprint density at radius 3 is 2.45 bits per heavy atom. The molecule has 1 atom stereocenters. The number of fused-ring (bicyclic) bond motifs is 1. The molecule has 0 N–H and O–H groups in total. The molecule has 2 fully saturated rings. The number of benzene rings is 1. The monoisotopic (exact) mass is 437 g/mol. The van der Waals surface area contributed by atoms with Crippen LogP contribution in [-0.2, 0) is 4.79 Å². The number of hydrogen-bond acceptors (Lipinski definition) is 5. The van der Waals surface area contributed by atoms with E-state index in [1.807, 2.05) is 30.9 Å². The smallest absolute Gasteiger partial charge is 0.369 e. The first-order valence-corrected chi connectivity index (χ1v) is 10.5. The zero-order chi connectivity index (χ0) is 22.3. The highest BCUT2D eigenvalue weighted by Crippen LogP contribution is 2.26. The van der Waals surface area contributed by atoms with Gasteiger partial charge < -0.3 is 9.80 Å². The first-order valence-electron chi connectivity index (χ1n) is 10.5. The molecule has 0 bridgehead atoms. The van der Waals surface area contributed by atoms with Gasteiger partial charge in [-0.2, -0.15) is 13.2 Å². The number of likely N-dealkylation sites (tertiary alicyclic amines) is 1. The van der Waals surface area contributed by atoms with Crippen molar-refractivity contribution < 1.29 is 18.0 Å². The van der Waals surface area contributed by atoms with Gasteiger partial charge in [-0.1, -0.05) is 0 Å². The summed E-state index contributed by atoms with van der Waals surface area (Å²) in [6, 6.07) is 5.14. The van der Waals surface area contributed by atoms with Crippen molar-refractivity contribution in [1.82, 2.24) is 19.4 Å². The third-order valence-electron chi connectivity index (χ3n) is 6.08. The predicted octanol–water partition coefficient (Wildman–Crippen LogP) is 2.26. The van der Waals surface area contributed by atoms with Gasteiger partial charge in [0, 0.05) is 44.5 Å². The van der Waals surface area contributed by atoms with Crippen LogP contribution in [-0.4, -0.2) is 76.7 Å². The number of amides is 1. The maximum atomic E-state index is 12.6. The SMILES string of the molecule is CC(C)n1cnc2cc(N3CCN(C4CCN(CC(F)(F)F)C4=O)CC3)ccc2c1=O. The number of anilines is 1. The number of alkyl halides is 3. The maximum absolute atomic E-state index is 12.6. The van der Waals surface area contributed by atoms with Crippen molar-refractivity contribution in [2.75, 3.05) is 44.2 Å². The Morgan fingerprint density at radius 2 is 1.81 bits per heavy atom. The van der Waals surface area contributed by atoms with Gasteiger partial charge in [0.15, 0.2) is 0 Å². The second-order valence-corrected chi connectivity index (χ2v) is 8.45. The molecule has 7 nitrogen and oxygen atoms in total. The molecule has 1 unspecified atom stereocenters. The molecular weight excluding hydrogens is 411 g/mol. The molecule has 1 amide bonds. The molecule has 0 spiro atoms. The van der Waals surface area contributed by atoms with Crippen LogP contribution < -0.4 is 10.5 Å². The van der Waals surface area contributed by atoms with E-state index in [0.717, 1.165) is 10.6 Å². The van der Waals surface area contributed by atoms with Crippen molar-refractivity contribution in [2.24, 2.45) is 0 Å². The summed E-state index contributed by atoms with van der Waals surface area (Å²) in [5.74, 6) is -0.429. The van der Waals surface area contributed by atoms with Gasteiger partial charge in [-0.05, 0) is 38.5 Å². The summed E-state index contributed by atoms with van der Waals surface area (Å²) in [6.45, 7) is 5.32. The minimum Gasteiger partial charge on any atom is -0.369 e. The van der Waals surface area contributed by atoms with Gasteiger partial charge in [0.1, 0.15) is 6.54 Å². The molecule has 1 aromatic carbocycles. The molecule has 31 heavy (non-hydrogen) atoms. The molecule has 168 valence electrons. The van der Waals surface area contributed by atoms with Gasteiger partial charge in [-0.15, -0.1) is 0 Å². The topological polar surface area (TPSA) is 61.7 Å². The second kappa shape index (κ2) is 8.14. The second-order valence-electron chi connectivity index (χ2n) is 8.45. The van der Waals surface area contributed by atoms with Crippen molar-refractivity contribution in [2.45, 2.75) is 38.5 Å². The number of nitrogens with zero attached hydrogens (tertiary/aromatic N) is 5. The van der Waals surface area contributed by atoms with E-state index in [1.54, 1.807) is 17.0 Å². The van der Waals surface area contributed by atoms with Crippen molar-refractivity contribution in [3.63, 3.8) is 0 Å². The zero-order valence-electron chi connectivity index (χ0n) is 17.6. The van der Waals surface area contributed by atoms with Crippen LogP contribution in [0.1, 0.15) is 26.3 Å². The Bertz CT molecular complexity index is 1030. The molecule has 3 heterocycles. The van der Waals surface area contributed by atoms with Crippen LogP contribution in [0.4, 0.5) is 18.9 Å². The highest BCUT2D eigenvalue weighted by atomic mass is 19.4. The van der Waals surface area contributed by atoms with Crippen LogP contribution >= 0.6 is 0 Å². The number of carbonyl (C=O) groups excluding carboxylic acids is 1. The van der Waals surface area contributed by atoms with Gasteiger partial charge in [-0.3, -0.25) is 19.1 Å². The van der Waals surface area contributed by atoms with Crippen molar-refractivity contribution in [3.05, 3.63) is 34.9 Å². The third-order valence-corrected chi connectivity index (χ3v) is 6.08. The predicted molar refractivity (Wildman–Crippen MR) is 111 cm³/mol. The normalized spacial score (nSPS) is 21.0. The van der Waals surface area contributed by atoms with Gasteiger partial charge in [-0.25, -0.2) is 4.98 Å². The maximum Gasteiger partial charge on any atom is 0.406 e. The molecule has 4 rings (SSSR count). The average Bonchev–Trinajstić information content (AvgIpc) is 3.06. The summed E-state index contributed by atoms with van der Waals surface area (Å²) in [6.07, 6.45) is -2.38. The highest BCUT2D eigenvalue weighted by molar-refractivity contribution is 5.84. The van der Waals surface area contributed by atoms with Crippen LogP contribution in [0, 0.1) is 0 Å². The summed E-state index contributed by atoms with van der Waals surface area (Å²) >= 11 is 0. The summed E-state index contributed by atoms with van der Waals surface area (Å²) in [5, 5.41) is 0.569. The van der Waals surface area contributed by atoms with E-state index < -0.39 is 24.7 Å². The zero-order valence-corrected chi connectivity index (χ0v) is 17.6. The molecule has 10 heteroatoms. The number of carbonyl (C=O) groups is 1. The summed E-state index contributed by atoms with van der Waals surface area (Å²) in [7, 11) is 0. The fraction of sp³-hybridized carbons (Fsp3) is 0.571. The Balaban J connectivity index is 1.42. The van der Waals surface area contributed by atoms with Crippen LogP contribution in [0.15, 0.2) is 29.3 Å². The van der Waals surface area contributed by atoms with E-state index >= 15 is 0 Å². The van der Waals surface area contributed by atoms with E-state index in [0.29, 0.717) is 43.5 Å². The molecule has 1 aromatic heterocycles. The van der Waals surface area contributed by atoms with Crippen LogP contribution in [0.25, 0.3) is 10.9 Å². The fourth-order valence-electron chi connectivity index (χ4n) is 4.41. The van der Waals surface area contributed by atoms with E-state index in [4.69, 9.17) is 0 Å². The Morgan fingerprint density at radius 1 is 1.10 bits per heavy atom. The van der Waals surface area contributed by atoms with E-state index in [9.17, 15) is 22.8 Å². The molecule has 0 aliphatic carbocycles. The summed E-state index contributed by atoms with van der Waals surface area (Å²) < 4.78 is 39.5. The molecular formula is C21H26F3N5O2. The summed E-state index contributed by atoms with van der Waals surface area (Å²) in [4.78, 5) is 34.5. The molecule has 2 aliphatic heterocycles. The first kappa shape index (κ1) is 21.6. The average molecular weight is 437 g/mol. The van der Waals surface area contributed by atoms with Gasteiger partial charge in [0.2, 0.25) is 5.91 Å². The van der Waals surface area contributed by atoms with E-state index in [2.05, 4.69) is 9.88 Å². The lowest BCUT2D eigenvalue weighted by atomic mass is 10.1. The van der Waals surface area contributed by atoms with Crippen molar-refractivity contribution in [3.8, 4) is 0 Å². The third kappa shape index (κ3) is 4.39. The number of hydrogen-bond donors (Lipinski definition) is 0. The lowest BCUT2D eigenvalue weighted by molar-refractivity contribution is -0.159. The Labute approximate surface area is 178 Å². The Hall–Kier alpha value is -2.62. The van der Waals surface area contributed by atoms with Crippen LogP contribution in [0.5, 0.6) is 0 Å². The number of aromatic nitrogens is 2. The lowest BCUT2D eigenvalue weighted by Crippen LogP contribution is -2.53. The van der Waals surface area contributed by atoms with Crippen LogP contribution in [0.2, 0.25) is 0 Å². The first-order chi connectivity index (χ1) is 14.6. The van der Waals surface area contributed by atoms with Crippen molar-refractivity contribution in [1.29, 1.82) is 0 Å². The number of rotatable bonds is 4. The van der Waals surface area contributed by atoms with Gasteiger partial charge in [0.05, 0.1) is 23.3 Å². The Kier molecular flexibility index (Phi) is 5.67. The molecule has 0 saturated carbocycles. The van der Waals surface area contributed by atoms with Crippen LogP contribution in [0.3, 0.4) is 0 Å². The highest BCUT2D eigenvalue weighted by Gasteiger charge is 2.42. The molecule has 2 aliphatic rings. The molecule has 2 saturated heterocycles. The largest absolute Gasteiger partial charge is 0.406 e. The quantitative estimate of drug-likeness (QED) is 0.735. The van der Waals surface area contributed by atoms with E-state index in [-0.39, 0.29) is 18.1 Å². The molecule has 0 radical (unpaired) electrons. The van der Waals surface area contributed by atoms with E-state index in [1.165, 1.54) is 0 Å². The number of piperazine rings is 1. The van der Waals surface area contributed by atoms with Crippen molar-refractivity contribution >= 4 is 22.5 Å².